The second kappa shape index (κ2) is 8.00. The molecule has 5 rings (SSSR count). The van der Waals surface area contributed by atoms with Crippen LogP contribution in [-0.4, -0.2) is 30.0 Å². The van der Waals surface area contributed by atoms with Crippen molar-refractivity contribution in [1.29, 1.82) is 0 Å². The van der Waals surface area contributed by atoms with E-state index in [1.807, 2.05) is 36.4 Å². The SMILES string of the molecule is O=C(CN1C(=O)C2(SCC(=O)N2c2cccc(Cl)c2)c2ccccc21)Nc1ccccc1. The monoisotopic (exact) mass is 463 g/mol. The number of hydrogen-bond donors (Lipinski definition) is 1. The molecule has 1 N–H and O–H groups in total. The van der Waals surface area contributed by atoms with Gasteiger partial charge < -0.3 is 5.32 Å². The molecule has 2 aliphatic rings. The summed E-state index contributed by atoms with van der Waals surface area (Å²) in [4.78, 5) is 41.3. The minimum Gasteiger partial charge on any atom is -0.325 e. The van der Waals surface area contributed by atoms with Gasteiger partial charge in [0.1, 0.15) is 6.54 Å². The van der Waals surface area contributed by atoms with Gasteiger partial charge in [0.15, 0.2) is 0 Å². The third-order valence-corrected chi connectivity index (χ3v) is 7.11. The van der Waals surface area contributed by atoms with Crippen LogP contribution in [0.1, 0.15) is 5.56 Å². The molecule has 0 aromatic heterocycles. The lowest BCUT2D eigenvalue weighted by atomic mass is 10.0. The van der Waals surface area contributed by atoms with E-state index < -0.39 is 4.87 Å². The Labute approximate surface area is 194 Å². The number of thioether (sulfide) groups is 1. The number of carbonyl (C=O) groups is 3. The highest BCUT2D eigenvalue weighted by atomic mass is 35.5. The zero-order valence-electron chi connectivity index (χ0n) is 16.8. The summed E-state index contributed by atoms with van der Waals surface area (Å²) in [5, 5.41) is 3.29. The molecular weight excluding hydrogens is 446 g/mol. The summed E-state index contributed by atoms with van der Waals surface area (Å²) in [7, 11) is 0. The Balaban J connectivity index is 1.54. The fourth-order valence-electron chi connectivity index (χ4n) is 4.19. The highest BCUT2D eigenvalue weighted by Gasteiger charge is 2.61. The number of carbonyl (C=O) groups excluding carboxylic acids is 3. The molecule has 1 unspecified atom stereocenters. The number of nitrogens with one attached hydrogen (secondary N) is 1. The van der Waals surface area contributed by atoms with Gasteiger partial charge in [0.25, 0.3) is 5.91 Å². The first-order valence-electron chi connectivity index (χ1n) is 9.99. The zero-order chi connectivity index (χ0) is 22.3. The fourth-order valence-corrected chi connectivity index (χ4v) is 5.74. The Hall–Kier alpha value is -3.29. The Kier molecular flexibility index (Phi) is 5.15. The van der Waals surface area contributed by atoms with E-state index >= 15 is 0 Å². The molecule has 160 valence electrons. The van der Waals surface area contributed by atoms with Crippen molar-refractivity contribution in [3.63, 3.8) is 0 Å². The van der Waals surface area contributed by atoms with Gasteiger partial charge in [-0.15, -0.1) is 11.8 Å². The quantitative estimate of drug-likeness (QED) is 0.627. The van der Waals surface area contributed by atoms with Crippen molar-refractivity contribution in [3.8, 4) is 0 Å². The van der Waals surface area contributed by atoms with Crippen molar-refractivity contribution in [2.75, 3.05) is 27.4 Å². The largest absolute Gasteiger partial charge is 0.325 e. The van der Waals surface area contributed by atoms with E-state index in [1.165, 1.54) is 21.6 Å². The Morgan fingerprint density at radius 3 is 2.53 bits per heavy atom. The van der Waals surface area contributed by atoms with Crippen LogP contribution in [0.5, 0.6) is 0 Å². The minimum atomic E-state index is -1.27. The minimum absolute atomic E-state index is 0.149. The summed E-state index contributed by atoms with van der Waals surface area (Å²) in [5.74, 6) is -0.676. The molecule has 3 amide bonds. The fraction of sp³-hybridized carbons (Fsp3) is 0.125. The van der Waals surface area contributed by atoms with Gasteiger partial charge >= 0.3 is 0 Å². The number of hydrogen-bond acceptors (Lipinski definition) is 4. The molecule has 32 heavy (non-hydrogen) atoms. The molecule has 1 spiro atoms. The van der Waals surface area contributed by atoms with Crippen LogP contribution in [0.4, 0.5) is 17.1 Å². The van der Waals surface area contributed by atoms with Gasteiger partial charge in [-0.1, -0.05) is 54.1 Å². The third-order valence-electron chi connectivity index (χ3n) is 5.49. The number of nitrogens with zero attached hydrogens (tertiary/aromatic N) is 2. The zero-order valence-corrected chi connectivity index (χ0v) is 18.4. The van der Waals surface area contributed by atoms with E-state index in [4.69, 9.17) is 11.6 Å². The van der Waals surface area contributed by atoms with Crippen molar-refractivity contribution in [1.82, 2.24) is 0 Å². The van der Waals surface area contributed by atoms with Crippen LogP contribution in [0.2, 0.25) is 5.02 Å². The first kappa shape index (κ1) is 20.6. The normalized spacial score (nSPS) is 19.5. The molecule has 1 fully saturated rings. The Bertz CT molecular complexity index is 1240. The molecule has 2 heterocycles. The molecular formula is C24H18ClN3O3S. The standard InChI is InChI=1S/C24H18ClN3O3S/c25-16-7-6-10-18(13-16)28-22(30)15-32-24(28)19-11-4-5-12-20(19)27(23(24)31)14-21(29)26-17-8-2-1-3-9-17/h1-13H,14-15H2,(H,26,29). The molecule has 6 nitrogen and oxygen atoms in total. The lowest BCUT2D eigenvalue weighted by Gasteiger charge is -2.33. The van der Waals surface area contributed by atoms with Gasteiger partial charge in [-0.05, 0) is 36.4 Å². The summed E-state index contributed by atoms with van der Waals surface area (Å²) in [5.41, 5.74) is 2.51. The predicted octanol–water partition coefficient (Wildman–Crippen LogP) is 4.26. The molecule has 2 aliphatic heterocycles. The van der Waals surface area contributed by atoms with E-state index in [-0.39, 0.29) is 30.0 Å². The van der Waals surface area contributed by atoms with E-state index in [1.54, 1.807) is 42.5 Å². The number of benzene rings is 3. The summed E-state index contributed by atoms with van der Waals surface area (Å²) in [6.45, 7) is -0.162. The van der Waals surface area contributed by atoms with Crippen molar-refractivity contribution < 1.29 is 14.4 Å². The lowest BCUT2D eigenvalue weighted by molar-refractivity contribution is -0.124. The van der Waals surface area contributed by atoms with Crippen LogP contribution in [-0.2, 0) is 19.3 Å². The number of anilines is 3. The maximum absolute atomic E-state index is 13.9. The maximum atomic E-state index is 13.9. The molecule has 1 saturated heterocycles. The Morgan fingerprint density at radius 2 is 1.75 bits per heavy atom. The number of para-hydroxylation sites is 2. The average molecular weight is 464 g/mol. The number of fused-ring (bicyclic) bond motifs is 2. The van der Waals surface area contributed by atoms with Crippen LogP contribution in [0.3, 0.4) is 0 Å². The third kappa shape index (κ3) is 3.25. The second-order valence-electron chi connectivity index (χ2n) is 7.46. The van der Waals surface area contributed by atoms with E-state index in [2.05, 4.69) is 5.32 Å². The smallest absolute Gasteiger partial charge is 0.269 e. The highest BCUT2D eigenvalue weighted by molar-refractivity contribution is 8.02. The van der Waals surface area contributed by atoms with E-state index in [9.17, 15) is 14.4 Å². The maximum Gasteiger partial charge on any atom is 0.269 e. The van der Waals surface area contributed by atoms with Crippen LogP contribution in [0, 0.1) is 0 Å². The first-order valence-corrected chi connectivity index (χ1v) is 11.4. The van der Waals surface area contributed by atoms with Gasteiger partial charge in [0, 0.05) is 22.0 Å². The van der Waals surface area contributed by atoms with E-state index in [0.717, 1.165) is 0 Å². The number of amides is 3. The summed E-state index contributed by atoms with van der Waals surface area (Å²) in [6, 6.07) is 23.3. The van der Waals surface area contributed by atoms with Crippen molar-refractivity contribution in [2.24, 2.45) is 0 Å². The van der Waals surface area contributed by atoms with Crippen molar-refractivity contribution in [3.05, 3.63) is 89.4 Å². The first-order chi connectivity index (χ1) is 15.5. The number of halogens is 1. The van der Waals surface area contributed by atoms with Crippen LogP contribution in [0.25, 0.3) is 0 Å². The molecule has 8 heteroatoms. The van der Waals surface area contributed by atoms with Crippen LogP contribution >= 0.6 is 23.4 Å². The molecule has 3 aromatic rings. The lowest BCUT2D eigenvalue weighted by Crippen LogP contribution is -2.50. The predicted molar refractivity (Wildman–Crippen MR) is 127 cm³/mol. The van der Waals surface area contributed by atoms with Gasteiger partial charge in [-0.25, -0.2) is 0 Å². The van der Waals surface area contributed by atoms with Crippen molar-refractivity contribution >= 4 is 58.1 Å². The molecule has 0 bridgehead atoms. The second-order valence-corrected chi connectivity index (χ2v) is 9.07. The van der Waals surface area contributed by atoms with Crippen LogP contribution < -0.4 is 15.1 Å². The van der Waals surface area contributed by atoms with Gasteiger partial charge in [0.05, 0.1) is 11.4 Å². The highest BCUT2D eigenvalue weighted by Crippen LogP contribution is 2.55. The molecule has 0 aliphatic carbocycles. The molecule has 0 radical (unpaired) electrons. The van der Waals surface area contributed by atoms with E-state index in [0.29, 0.717) is 27.6 Å². The van der Waals surface area contributed by atoms with Crippen molar-refractivity contribution in [2.45, 2.75) is 4.87 Å². The van der Waals surface area contributed by atoms with Gasteiger partial charge in [-0.2, -0.15) is 0 Å². The molecule has 3 aromatic carbocycles. The summed E-state index contributed by atoms with van der Waals surface area (Å²) >= 11 is 7.45. The topological polar surface area (TPSA) is 69.7 Å². The van der Waals surface area contributed by atoms with Gasteiger partial charge in [0.2, 0.25) is 16.7 Å². The summed E-state index contributed by atoms with van der Waals surface area (Å²) in [6.07, 6.45) is 0. The van der Waals surface area contributed by atoms with Crippen LogP contribution in [0.15, 0.2) is 78.9 Å². The molecule has 1 atom stereocenters. The Morgan fingerprint density at radius 1 is 1.00 bits per heavy atom. The number of rotatable bonds is 4. The van der Waals surface area contributed by atoms with Gasteiger partial charge in [-0.3, -0.25) is 24.2 Å². The average Bonchev–Trinajstić information content (AvgIpc) is 3.25. The summed E-state index contributed by atoms with van der Waals surface area (Å²) < 4.78 is 0. The molecule has 0 saturated carbocycles.